The summed E-state index contributed by atoms with van der Waals surface area (Å²) in [7, 11) is 1.71. The summed E-state index contributed by atoms with van der Waals surface area (Å²) < 4.78 is 4.90. The molecular weight excluding hydrogens is 248 g/mol. The van der Waals surface area contributed by atoms with Crippen LogP contribution in [0.5, 0.6) is 5.75 Å². The van der Waals surface area contributed by atoms with Crippen molar-refractivity contribution in [2.45, 2.75) is 6.92 Å². The van der Waals surface area contributed by atoms with E-state index in [0.29, 0.717) is 11.3 Å². The number of H-pyrrole nitrogens is 1. The van der Waals surface area contributed by atoms with Gasteiger partial charge in [0.15, 0.2) is 5.69 Å². The van der Waals surface area contributed by atoms with Gasteiger partial charge in [-0.05, 0) is 19.1 Å². The molecule has 3 N–H and O–H groups in total. The molecule has 0 radical (unpaired) electrons. The first kappa shape index (κ1) is 12.9. The van der Waals surface area contributed by atoms with Crippen LogP contribution in [0.2, 0.25) is 0 Å². The van der Waals surface area contributed by atoms with E-state index in [-0.39, 0.29) is 23.7 Å². The number of carbonyl (C=O) groups excluding carboxylic acids is 1. The first-order valence-corrected chi connectivity index (χ1v) is 5.77. The van der Waals surface area contributed by atoms with Crippen LogP contribution in [0.1, 0.15) is 17.4 Å². The summed E-state index contributed by atoms with van der Waals surface area (Å²) in [4.78, 5) is 11.8. The van der Waals surface area contributed by atoms with Gasteiger partial charge in [0.25, 0.3) is 0 Å². The molecule has 0 aliphatic rings. The number of nitrogens with zero attached hydrogens (tertiary/aromatic N) is 2. The molecule has 1 aromatic heterocycles. The Labute approximate surface area is 109 Å². The van der Waals surface area contributed by atoms with Crippen LogP contribution in [0.3, 0.4) is 0 Å². The predicted molar refractivity (Wildman–Crippen MR) is 69.0 cm³/mol. The molecule has 19 heavy (non-hydrogen) atoms. The summed E-state index contributed by atoms with van der Waals surface area (Å²) in [6.07, 6.45) is 0. The fraction of sp³-hybridized carbons (Fsp3) is 0.250. The van der Waals surface area contributed by atoms with Gasteiger partial charge in [0.1, 0.15) is 11.4 Å². The number of anilines is 1. The quantitative estimate of drug-likeness (QED) is 0.720. The molecular formula is C12H14N4O3. The molecule has 0 amide bonds. The number of phenolic OH excluding ortho intramolecular Hbond substituents is 1. The highest BCUT2D eigenvalue weighted by atomic mass is 16.5. The summed E-state index contributed by atoms with van der Waals surface area (Å²) in [5.41, 5.74) is 1.34. The van der Waals surface area contributed by atoms with E-state index in [1.807, 2.05) is 0 Å². The summed E-state index contributed by atoms with van der Waals surface area (Å²) in [6, 6.07) is 4.97. The average Bonchev–Trinajstić information content (AvgIpc) is 2.87. The number of aromatic amines is 1. The molecule has 0 saturated heterocycles. The zero-order valence-electron chi connectivity index (χ0n) is 10.6. The first-order chi connectivity index (χ1) is 9.19. The summed E-state index contributed by atoms with van der Waals surface area (Å²) in [5.74, 6) is -0.581. The van der Waals surface area contributed by atoms with Crippen molar-refractivity contribution in [3.63, 3.8) is 0 Å². The number of aromatic hydroxyl groups is 1. The molecule has 2 rings (SSSR count). The van der Waals surface area contributed by atoms with E-state index in [0.717, 1.165) is 0 Å². The number of hydrogen-bond donors (Lipinski definition) is 3. The molecule has 0 spiro atoms. The molecule has 7 heteroatoms. The number of benzene rings is 1. The highest BCUT2D eigenvalue weighted by molar-refractivity contribution is 5.97. The summed E-state index contributed by atoms with van der Waals surface area (Å²) in [5, 5.41) is 23.0. The Kier molecular flexibility index (Phi) is 3.65. The van der Waals surface area contributed by atoms with Crippen LogP contribution in [0, 0.1) is 0 Å². The minimum absolute atomic E-state index is 0.00583. The smallest absolute Gasteiger partial charge is 0.361 e. The molecule has 0 aliphatic heterocycles. The van der Waals surface area contributed by atoms with Crippen molar-refractivity contribution >= 4 is 11.7 Å². The van der Waals surface area contributed by atoms with Crippen LogP contribution in [-0.2, 0) is 4.74 Å². The van der Waals surface area contributed by atoms with E-state index in [1.165, 1.54) is 6.07 Å². The van der Waals surface area contributed by atoms with E-state index >= 15 is 0 Å². The van der Waals surface area contributed by atoms with Crippen molar-refractivity contribution in [3.8, 4) is 17.0 Å². The number of phenols is 1. The van der Waals surface area contributed by atoms with Crippen LogP contribution in [0.4, 0.5) is 5.69 Å². The van der Waals surface area contributed by atoms with Crippen molar-refractivity contribution in [3.05, 3.63) is 23.9 Å². The molecule has 7 nitrogen and oxygen atoms in total. The third-order valence-electron chi connectivity index (χ3n) is 2.57. The second-order valence-corrected chi connectivity index (χ2v) is 3.69. The van der Waals surface area contributed by atoms with E-state index in [2.05, 4.69) is 20.7 Å². The van der Waals surface area contributed by atoms with Crippen molar-refractivity contribution < 1.29 is 14.6 Å². The second kappa shape index (κ2) is 5.38. The molecule has 0 aliphatic carbocycles. The molecule has 0 saturated carbocycles. The molecule has 0 bridgehead atoms. The SMILES string of the molecule is CCOC(=O)c1n[nH]nc1-c1c(O)cccc1NC. The predicted octanol–water partition coefficient (Wildman–Crippen LogP) is 1.40. The van der Waals surface area contributed by atoms with E-state index < -0.39 is 5.97 Å². The number of carbonyl (C=O) groups is 1. The Hall–Kier alpha value is -2.57. The largest absolute Gasteiger partial charge is 0.507 e. The van der Waals surface area contributed by atoms with Crippen molar-refractivity contribution in [1.82, 2.24) is 15.4 Å². The second-order valence-electron chi connectivity index (χ2n) is 3.69. The van der Waals surface area contributed by atoms with Crippen LogP contribution in [0.25, 0.3) is 11.3 Å². The molecule has 100 valence electrons. The van der Waals surface area contributed by atoms with Gasteiger partial charge in [-0.25, -0.2) is 4.79 Å². The molecule has 0 fully saturated rings. The van der Waals surface area contributed by atoms with Gasteiger partial charge in [0.05, 0.1) is 12.2 Å². The standard InChI is InChI=1S/C12H14N4O3/c1-3-19-12(18)11-10(14-16-15-11)9-7(13-2)5-4-6-8(9)17/h4-6,13,17H,3H2,1-2H3,(H,14,15,16). The summed E-state index contributed by atoms with van der Waals surface area (Å²) >= 11 is 0. The number of hydrogen-bond acceptors (Lipinski definition) is 6. The van der Waals surface area contributed by atoms with Gasteiger partial charge in [-0.15, -0.1) is 5.10 Å². The third kappa shape index (κ3) is 2.35. The van der Waals surface area contributed by atoms with E-state index in [1.54, 1.807) is 26.1 Å². The first-order valence-electron chi connectivity index (χ1n) is 5.77. The maximum atomic E-state index is 11.8. The van der Waals surface area contributed by atoms with Gasteiger partial charge in [-0.3, -0.25) is 0 Å². The lowest BCUT2D eigenvalue weighted by Crippen LogP contribution is -2.07. The van der Waals surface area contributed by atoms with Gasteiger partial charge < -0.3 is 15.2 Å². The fourth-order valence-corrected chi connectivity index (χ4v) is 1.74. The highest BCUT2D eigenvalue weighted by Crippen LogP contribution is 2.35. The van der Waals surface area contributed by atoms with Crippen molar-refractivity contribution in [2.75, 3.05) is 19.0 Å². The number of esters is 1. The summed E-state index contributed by atoms with van der Waals surface area (Å²) in [6.45, 7) is 1.95. The van der Waals surface area contributed by atoms with Crippen molar-refractivity contribution in [1.29, 1.82) is 0 Å². The molecule has 2 aromatic rings. The van der Waals surface area contributed by atoms with Crippen LogP contribution < -0.4 is 5.32 Å². The maximum absolute atomic E-state index is 11.8. The minimum atomic E-state index is -0.587. The highest BCUT2D eigenvalue weighted by Gasteiger charge is 2.23. The Morgan fingerprint density at radius 3 is 2.95 bits per heavy atom. The number of aromatic nitrogens is 3. The molecule has 0 atom stereocenters. The molecule has 1 aromatic carbocycles. The Balaban J connectivity index is 2.54. The van der Waals surface area contributed by atoms with Gasteiger partial charge in [0.2, 0.25) is 0 Å². The zero-order chi connectivity index (χ0) is 13.8. The van der Waals surface area contributed by atoms with E-state index in [9.17, 15) is 9.90 Å². The van der Waals surface area contributed by atoms with Gasteiger partial charge in [-0.2, -0.15) is 10.3 Å². The number of ether oxygens (including phenoxy) is 1. The number of nitrogens with one attached hydrogen (secondary N) is 2. The van der Waals surface area contributed by atoms with Gasteiger partial charge in [-0.1, -0.05) is 6.07 Å². The van der Waals surface area contributed by atoms with Crippen LogP contribution in [-0.4, -0.2) is 40.1 Å². The van der Waals surface area contributed by atoms with Gasteiger partial charge in [0, 0.05) is 12.7 Å². The third-order valence-corrected chi connectivity index (χ3v) is 2.57. The Morgan fingerprint density at radius 2 is 2.26 bits per heavy atom. The topological polar surface area (TPSA) is 100 Å². The van der Waals surface area contributed by atoms with Crippen LogP contribution in [0.15, 0.2) is 18.2 Å². The molecule has 1 heterocycles. The van der Waals surface area contributed by atoms with Crippen LogP contribution >= 0.6 is 0 Å². The van der Waals surface area contributed by atoms with Crippen molar-refractivity contribution in [2.24, 2.45) is 0 Å². The zero-order valence-corrected chi connectivity index (χ0v) is 10.6. The fourth-order valence-electron chi connectivity index (χ4n) is 1.74. The monoisotopic (exact) mass is 262 g/mol. The Morgan fingerprint density at radius 1 is 1.47 bits per heavy atom. The van der Waals surface area contributed by atoms with Gasteiger partial charge >= 0.3 is 5.97 Å². The Bertz CT molecular complexity index is 594. The number of rotatable bonds is 4. The lowest BCUT2D eigenvalue weighted by molar-refractivity contribution is 0.0520. The maximum Gasteiger partial charge on any atom is 0.361 e. The lowest BCUT2D eigenvalue weighted by atomic mass is 10.1. The molecule has 0 unspecified atom stereocenters. The lowest BCUT2D eigenvalue weighted by Gasteiger charge is -2.09. The van der Waals surface area contributed by atoms with E-state index in [4.69, 9.17) is 4.74 Å². The minimum Gasteiger partial charge on any atom is -0.507 e. The average molecular weight is 262 g/mol. The normalized spacial score (nSPS) is 10.2.